The van der Waals surface area contributed by atoms with E-state index >= 15 is 0 Å². The molecular formula is C21H23FN2O3. The van der Waals surface area contributed by atoms with Crippen LogP contribution in [-0.2, 0) is 0 Å². The number of aryl methyl sites for hydroxylation is 1. The molecule has 2 aliphatic rings. The van der Waals surface area contributed by atoms with Crippen LogP contribution in [0.5, 0.6) is 11.5 Å². The van der Waals surface area contributed by atoms with E-state index in [1.807, 2.05) is 13.0 Å². The second-order valence-electron chi connectivity index (χ2n) is 7.02. The number of carbonyl (C=O) groups is 1. The van der Waals surface area contributed by atoms with E-state index in [4.69, 9.17) is 9.47 Å². The molecule has 1 amide bonds. The zero-order valence-electron chi connectivity index (χ0n) is 15.3. The van der Waals surface area contributed by atoms with E-state index in [9.17, 15) is 9.18 Å². The summed E-state index contributed by atoms with van der Waals surface area (Å²) in [7, 11) is 0. The number of benzene rings is 2. The maximum absolute atomic E-state index is 13.1. The minimum Gasteiger partial charge on any atom is -0.486 e. The van der Waals surface area contributed by atoms with Crippen LogP contribution < -0.4 is 19.7 Å². The maximum atomic E-state index is 13.1. The Bertz CT molecular complexity index is 830. The topological polar surface area (TPSA) is 50.8 Å². The molecule has 0 radical (unpaired) electrons. The molecule has 0 unspecified atom stereocenters. The summed E-state index contributed by atoms with van der Waals surface area (Å²) in [6.45, 7) is 4.60. The van der Waals surface area contributed by atoms with Crippen LogP contribution in [0.25, 0.3) is 0 Å². The average Bonchev–Trinajstić information content (AvgIpc) is 2.68. The van der Waals surface area contributed by atoms with Gasteiger partial charge in [-0.2, -0.15) is 0 Å². The number of ether oxygens (including phenoxy) is 2. The first-order chi connectivity index (χ1) is 13.1. The monoisotopic (exact) mass is 370 g/mol. The average molecular weight is 370 g/mol. The summed E-state index contributed by atoms with van der Waals surface area (Å²) in [6.07, 6.45) is 1.71. The van der Waals surface area contributed by atoms with Gasteiger partial charge in [0.15, 0.2) is 11.5 Å². The number of nitrogens with one attached hydrogen (secondary N) is 1. The van der Waals surface area contributed by atoms with Crippen LogP contribution in [0.2, 0.25) is 0 Å². The molecule has 5 nitrogen and oxygen atoms in total. The third-order valence-electron chi connectivity index (χ3n) is 5.16. The third kappa shape index (κ3) is 3.84. The minimum atomic E-state index is -0.226. The maximum Gasteiger partial charge on any atom is 0.251 e. The summed E-state index contributed by atoms with van der Waals surface area (Å²) in [5.74, 6) is 1.02. The number of nitrogens with zero attached hydrogens (tertiary/aromatic N) is 1. The Hall–Kier alpha value is -2.76. The molecule has 0 aliphatic carbocycles. The van der Waals surface area contributed by atoms with Gasteiger partial charge in [-0.1, -0.05) is 0 Å². The Labute approximate surface area is 158 Å². The minimum absolute atomic E-state index is 0.0790. The van der Waals surface area contributed by atoms with Crippen LogP contribution in [0.3, 0.4) is 0 Å². The van der Waals surface area contributed by atoms with E-state index in [1.165, 1.54) is 12.1 Å². The molecule has 1 saturated heterocycles. The molecule has 27 heavy (non-hydrogen) atoms. The molecule has 0 saturated carbocycles. The molecule has 142 valence electrons. The van der Waals surface area contributed by atoms with E-state index in [1.54, 1.807) is 18.2 Å². The summed E-state index contributed by atoms with van der Waals surface area (Å²) in [5, 5.41) is 3.14. The number of hydrogen-bond acceptors (Lipinski definition) is 4. The van der Waals surface area contributed by atoms with Crippen molar-refractivity contribution in [3.05, 3.63) is 53.3 Å². The number of hydrogen-bond donors (Lipinski definition) is 1. The summed E-state index contributed by atoms with van der Waals surface area (Å²) < 4.78 is 24.2. The van der Waals surface area contributed by atoms with Crippen molar-refractivity contribution in [3.63, 3.8) is 0 Å². The zero-order chi connectivity index (χ0) is 18.8. The number of fused-ring (bicyclic) bond motifs is 1. The Morgan fingerprint density at radius 2 is 1.70 bits per heavy atom. The summed E-state index contributed by atoms with van der Waals surface area (Å²) >= 11 is 0. The first-order valence-electron chi connectivity index (χ1n) is 9.32. The van der Waals surface area contributed by atoms with E-state index in [0.717, 1.165) is 37.2 Å². The fraction of sp³-hybridized carbons (Fsp3) is 0.381. The van der Waals surface area contributed by atoms with Crippen LogP contribution in [0.15, 0.2) is 36.4 Å². The highest BCUT2D eigenvalue weighted by molar-refractivity contribution is 5.96. The smallest absolute Gasteiger partial charge is 0.251 e. The number of piperidine rings is 1. The lowest BCUT2D eigenvalue weighted by Gasteiger charge is -2.34. The van der Waals surface area contributed by atoms with Crippen molar-refractivity contribution in [1.82, 2.24) is 5.32 Å². The molecule has 2 aromatic carbocycles. The quantitative estimate of drug-likeness (QED) is 0.901. The standard InChI is InChI=1S/C21H23FN2O3/c1-14-12-19-20(27-11-10-26-19)13-18(14)21(25)23-16-6-8-24(9-7-16)17-4-2-15(22)3-5-17/h2-5,12-13,16H,6-11H2,1H3,(H,23,25). The SMILES string of the molecule is Cc1cc2c(cc1C(=O)NC1CCN(c3ccc(F)cc3)CC1)OCCO2. The zero-order valence-corrected chi connectivity index (χ0v) is 15.3. The molecule has 1 fully saturated rings. The predicted molar refractivity (Wildman–Crippen MR) is 101 cm³/mol. The Balaban J connectivity index is 1.37. The van der Waals surface area contributed by atoms with E-state index < -0.39 is 0 Å². The van der Waals surface area contributed by atoms with Crippen LogP contribution in [0, 0.1) is 12.7 Å². The van der Waals surface area contributed by atoms with E-state index in [-0.39, 0.29) is 17.8 Å². The van der Waals surface area contributed by atoms with Crippen molar-refractivity contribution in [2.45, 2.75) is 25.8 Å². The van der Waals surface area contributed by atoms with Crippen molar-refractivity contribution in [1.29, 1.82) is 0 Å². The first kappa shape index (κ1) is 17.6. The lowest BCUT2D eigenvalue weighted by atomic mass is 10.0. The number of carbonyl (C=O) groups excluding carboxylic acids is 1. The van der Waals surface area contributed by atoms with Gasteiger partial charge in [-0.05, 0) is 61.7 Å². The van der Waals surface area contributed by atoms with Gasteiger partial charge in [0.25, 0.3) is 5.91 Å². The van der Waals surface area contributed by atoms with Gasteiger partial charge in [-0.25, -0.2) is 4.39 Å². The van der Waals surface area contributed by atoms with Crippen LogP contribution >= 0.6 is 0 Å². The summed E-state index contributed by atoms with van der Waals surface area (Å²) in [4.78, 5) is 15.0. The molecular weight excluding hydrogens is 347 g/mol. The van der Waals surface area contributed by atoms with Crippen molar-refractivity contribution in [2.24, 2.45) is 0 Å². The number of anilines is 1. The van der Waals surface area contributed by atoms with Crippen molar-refractivity contribution >= 4 is 11.6 Å². The lowest BCUT2D eigenvalue weighted by molar-refractivity contribution is 0.0929. The molecule has 4 rings (SSSR count). The number of halogens is 1. The molecule has 0 spiro atoms. The van der Waals surface area contributed by atoms with Crippen LogP contribution in [-0.4, -0.2) is 38.3 Å². The van der Waals surface area contributed by atoms with Crippen LogP contribution in [0.1, 0.15) is 28.8 Å². The predicted octanol–water partition coefficient (Wildman–Crippen LogP) is 3.30. The van der Waals surface area contributed by atoms with Crippen LogP contribution in [0.4, 0.5) is 10.1 Å². The Morgan fingerprint density at radius 1 is 1.07 bits per heavy atom. The van der Waals surface area contributed by atoms with Crippen molar-refractivity contribution in [3.8, 4) is 11.5 Å². The largest absolute Gasteiger partial charge is 0.486 e. The highest BCUT2D eigenvalue weighted by Gasteiger charge is 2.23. The van der Waals surface area contributed by atoms with E-state index in [2.05, 4.69) is 10.2 Å². The third-order valence-corrected chi connectivity index (χ3v) is 5.16. The molecule has 1 N–H and O–H groups in total. The molecule has 0 bridgehead atoms. The van der Waals surface area contributed by atoms with E-state index in [0.29, 0.717) is 30.3 Å². The molecule has 2 heterocycles. The fourth-order valence-corrected chi connectivity index (χ4v) is 3.63. The fourth-order valence-electron chi connectivity index (χ4n) is 3.63. The molecule has 2 aliphatic heterocycles. The highest BCUT2D eigenvalue weighted by Crippen LogP contribution is 2.33. The molecule has 6 heteroatoms. The molecule has 0 atom stereocenters. The van der Waals surface area contributed by atoms with Gasteiger partial charge in [0, 0.05) is 30.4 Å². The number of rotatable bonds is 3. The molecule has 0 aromatic heterocycles. The molecule has 2 aromatic rings. The van der Waals surface area contributed by atoms with Crippen molar-refractivity contribution in [2.75, 3.05) is 31.2 Å². The summed E-state index contributed by atoms with van der Waals surface area (Å²) in [6, 6.07) is 10.3. The normalized spacial score (nSPS) is 16.9. The van der Waals surface area contributed by atoms with Crippen molar-refractivity contribution < 1.29 is 18.7 Å². The van der Waals surface area contributed by atoms with Gasteiger partial charge in [-0.3, -0.25) is 4.79 Å². The van der Waals surface area contributed by atoms with Gasteiger partial charge in [0.2, 0.25) is 0 Å². The van der Waals surface area contributed by atoms with Gasteiger partial charge >= 0.3 is 0 Å². The Morgan fingerprint density at radius 3 is 2.37 bits per heavy atom. The van der Waals surface area contributed by atoms with Gasteiger partial charge < -0.3 is 19.7 Å². The lowest BCUT2D eigenvalue weighted by Crippen LogP contribution is -2.44. The van der Waals surface area contributed by atoms with Gasteiger partial charge in [0.1, 0.15) is 19.0 Å². The van der Waals surface area contributed by atoms with Gasteiger partial charge in [-0.15, -0.1) is 0 Å². The Kier molecular flexibility index (Phi) is 4.88. The second-order valence-corrected chi connectivity index (χ2v) is 7.02. The summed E-state index contributed by atoms with van der Waals surface area (Å²) in [5.41, 5.74) is 2.52. The van der Waals surface area contributed by atoms with Gasteiger partial charge in [0.05, 0.1) is 0 Å². The highest BCUT2D eigenvalue weighted by atomic mass is 19.1. The number of amides is 1. The first-order valence-corrected chi connectivity index (χ1v) is 9.32. The second kappa shape index (κ2) is 7.47.